The van der Waals surface area contributed by atoms with Crippen LogP contribution in [0.1, 0.15) is 24.8 Å². The summed E-state index contributed by atoms with van der Waals surface area (Å²) in [5, 5.41) is 10.4. The lowest BCUT2D eigenvalue weighted by molar-refractivity contribution is 0.140. The molecular formula is C11H12BrClO. The molecule has 0 unspecified atom stereocenters. The molecule has 1 N–H and O–H groups in total. The minimum Gasteiger partial charge on any atom is -0.390 e. The molecule has 0 amide bonds. The minimum absolute atomic E-state index is 0.362. The summed E-state index contributed by atoms with van der Waals surface area (Å²) in [6, 6.07) is 5.95. The first kappa shape index (κ1) is 10.5. The molecule has 1 nitrogen and oxygen atoms in total. The van der Waals surface area contributed by atoms with Gasteiger partial charge in [0, 0.05) is 4.47 Å². The standard InChI is InChI=1S/C11H12BrClO/c12-9-2-1-8(7-10(9)13)3-4-11(14)5-6-11/h1-2,7,14H,3-6H2. The molecule has 76 valence electrons. The number of hydrogen-bond donors (Lipinski definition) is 1. The Morgan fingerprint density at radius 2 is 2.14 bits per heavy atom. The van der Waals surface area contributed by atoms with E-state index < -0.39 is 0 Å². The van der Waals surface area contributed by atoms with E-state index in [1.807, 2.05) is 18.2 Å². The summed E-state index contributed by atoms with van der Waals surface area (Å²) < 4.78 is 0.924. The van der Waals surface area contributed by atoms with E-state index in [1.54, 1.807) is 0 Å². The average molecular weight is 276 g/mol. The lowest BCUT2D eigenvalue weighted by Gasteiger charge is -2.07. The van der Waals surface area contributed by atoms with Crippen molar-refractivity contribution in [1.82, 2.24) is 0 Å². The maximum Gasteiger partial charge on any atom is 0.0653 e. The molecule has 1 fully saturated rings. The number of benzene rings is 1. The van der Waals surface area contributed by atoms with Gasteiger partial charge in [0.25, 0.3) is 0 Å². The second kappa shape index (κ2) is 3.84. The van der Waals surface area contributed by atoms with E-state index in [1.165, 1.54) is 5.56 Å². The number of aliphatic hydroxyl groups is 1. The Labute approximate surface area is 97.2 Å². The van der Waals surface area contributed by atoms with E-state index in [9.17, 15) is 5.11 Å². The highest BCUT2D eigenvalue weighted by Gasteiger charge is 2.39. The monoisotopic (exact) mass is 274 g/mol. The van der Waals surface area contributed by atoms with Crippen LogP contribution < -0.4 is 0 Å². The van der Waals surface area contributed by atoms with Crippen LogP contribution in [0.2, 0.25) is 5.02 Å². The van der Waals surface area contributed by atoms with Crippen LogP contribution in [0.3, 0.4) is 0 Å². The lowest BCUT2D eigenvalue weighted by atomic mass is 10.1. The van der Waals surface area contributed by atoms with Gasteiger partial charge in [0.15, 0.2) is 0 Å². The fraction of sp³-hybridized carbons (Fsp3) is 0.455. The Morgan fingerprint density at radius 3 is 2.71 bits per heavy atom. The molecule has 1 aliphatic rings. The third-order valence-electron chi connectivity index (χ3n) is 2.69. The SMILES string of the molecule is OC1(CCc2ccc(Br)c(Cl)c2)CC1. The fourth-order valence-corrected chi connectivity index (χ4v) is 1.92. The molecule has 0 atom stereocenters. The molecule has 0 heterocycles. The highest BCUT2D eigenvalue weighted by Crippen LogP contribution is 2.39. The molecular weight excluding hydrogens is 263 g/mol. The Morgan fingerprint density at radius 1 is 1.43 bits per heavy atom. The molecule has 0 bridgehead atoms. The molecule has 0 aromatic heterocycles. The van der Waals surface area contributed by atoms with Crippen molar-refractivity contribution in [2.24, 2.45) is 0 Å². The van der Waals surface area contributed by atoms with Crippen LogP contribution in [-0.2, 0) is 6.42 Å². The van der Waals surface area contributed by atoms with Crippen molar-refractivity contribution < 1.29 is 5.11 Å². The van der Waals surface area contributed by atoms with Gasteiger partial charge in [-0.05, 0) is 59.3 Å². The van der Waals surface area contributed by atoms with Gasteiger partial charge in [-0.15, -0.1) is 0 Å². The maximum atomic E-state index is 9.67. The zero-order valence-corrected chi connectivity index (χ0v) is 10.1. The van der Waals surface area contributed by atoms with Gasteiger partial charge in [0.1, 0.15) is 0 Å². The third kappa shape index (κ3) is 2.50. The van der Waals surface area contributed by atoms with Gasteiger partial charge in [-0.2, -0.15) is 0 Å². The summed E-state index contributed by atoms with van der Waals surface area (Å²) in [6.45, 7) is 0. The number of rotatable bonds is 3. The minimum atomic E-state index is -0.362. The molecule has 1 aromatic rings. The fourth-order valence-electron chi connectivity index (χ4n) is 1.47. The molecule has 0 spiro atoms. The van der Waals surface area contributed by atoms with Crippen molar-refractivity contribution >= 4 is 27.5 Å². The smallest absolute Gasteiger partial charge is 0.0653 e. The van der Waals surface area contributed by atoms with Crippen molar-refractivity contribution in [2.45, 2.75) is 31.3 Å². The average Bonchev–Trinajstić information content (AvgIpc) is 2.87. The highest BCUT2D eigenvalue weighted by atomic mass is 79.9. The molecule has 1 saturated carbocycles. The van der Waals surface area contributed by atoms with Crippen LogP contribution in [0.5, 0.6) is 0 Å². The van der Waals surface area contributed by atoms with Gasteiger partial charge in [-0.3, -0.25) is 0 Å². The van der Waals surface area contributed by atoms with Crippen LogP contribution in [0.4, 0.5) is 0 Å². The molecule has 1 aromatic carbocycles. The summed E-state index contributed by atoms with van der Waals surface area (Å²) in [5.41, 5.74) is 0.832. The Kier molecular flexibility index (Phi) is 2.87. The first-order valence-corrected chi connectivity index (χ1v) is 5.92. The molecule has 0 radical (unpaired) electrons. The predicted octanol–water partition coefficient (Wildman–Crippen LogP) is 3.56. The maximum absolute atomic E-state index is 9.67. The molecule has 2 rings (SSSR count). The van der Waals surface area contributed by atoms with Crippen LogP contribution >= 0.6 is 27.5 Å². The number of hydrogen-bond acceptors (Lipinski definition) is 1. The summed E-state index contributed by atoms with van der Waals surface area (Å²) >= 11 is 9.32. The second-order valence-corrected chi connectivity index (χ2v) is 5.23. The molecule has 0 aliphatic heterocycles. The van der Waals surface area contributed by atoms with E-state index in [0.717, 1.165) is 35.2 Å². The first-order valence-electron chi connectivity index (χ1n) is 4.75. The zero-order valence-electron chi connectivity index (χ0n) is 7.76. The predicted molar refractivity (Wildman–Crippen MR) is 61.7 cm³/mol. The summed E-state index contributed by atoms with van der Waals surface area (Å²) in [4.78, 5) is 0. The highest BCUT2D eigenvalue weighted by molar-refractivity contribution is 9.10. The van der Waals surface area contributed by atoms with Crippen molar-refractivity contribution in [2.75, 3.05) is 0 Å². The van der Waals surface area contributed by atoms with Gasteiger partial charge >= 0.3 is 0 Å². The van der Waals surface area contributed by atoms with Crippen LogP contribution in [0.25, 0.3) is 0 Å². The zero-order chi connectivity index (χ0) is 10.2. The molecule has 3 heteroatoms. The Bertz CT molecular complexity index is 347. The Hall–Kier alpha value is -0.0500. The van der Waals surface area contributed by atoms with Gasteiger partial charge in [-0.1, -0.05) is 17.7 Å². The van der Waals surface area contributed by atoms with E-state index in [2.05, 4.69) is 15.9 Å². The molecule has 14 heavy (non-hydrogen) atoms. The van der Waals surface area contributed by atoms with Crippen molar-refractivity contribution in [3.05, 3.63) is 33.3 Å². The van der Waals surface area contributed by atoms with Crippen molar-refractivity contribution in [1.29, 1.82) is 0 Å². The van der Waals surface area contributed by atoms with E-state index in [0.29, 0.717) is 0 Å². The Balaban J connectivity index is 1.99. The van der Waals surface area contributed by atoms with Gasteiger partial charge < -0.3 is 5.11 Å². The number of aryl methyl sites for hydroxylation is 1. The second-order valence-electron chi connectivity index (χ2n) is 3.97. The van der Waals surface area contributed by atoms with E-state index in [4.69, 9.17) is 11.6 Å². The largest absolute Gasteiger partial charge is 0.390 e. The number of halogens is 2. The quantitative estimate of drug-likeness (QED) is 0.894. The van der Waals surface area contributed by atoms with Gasteiger partial charge in [-0.25, -0.2) is 0 Å². The normalized spacial score (nSPS) is 18.2. The third-order valence-corrected chi connectivity index (χ3v) is 3.92. The summed E-state index contributed by atoms with van der Waals surface area (Å²) in [5.74, 6) is 0. The van der Waals surface area contributed by atoms with Crippen LogP contribution in [0.15, 0.2) is 22.7 Å². The van der Waals surface area contributed by atoms with Crippen LogP contribution in [0, 0.1) is 0 Å². The van der Waals surface area contributed by atoms with Crippen molar-refractivity contribution in [3.63, 3.8) is 0 Å². The topological polar surface area (TPSA) is 20.2 Å². The van der Waals surface area contributed by atoms with Gasteiger partial charge in [0.05, 0.1) is 10.6 Å². The first-order chi connectivity index (χ1) is 6.59. The van der Waals surface area contributed by atoms with Gasteiger partial charge in [0.2, 0.25) is 0 Å². The molecule has 1 aliphatic carbocycles. The lowest BCUT2D eigenvalue weighted by Crippen LogP contribution is -2.07. The summed E-state index contributed by atoms with van der Waals surface area (Å²) in [6.07, 6.45) is 3.67. The van der Waals surface area contributed by atoms with E-state index in [-0.39, 0.29) is 5.60 Å². The van der Waals surface area contributed by atoms with Crippen LogP contribution in [-0.4, -0.2) is 10.7 Å². The van der Waals surface area contributed by atoms with E-state index >= 15 is 0 Å². The molecule has 0 saturated heterocycles. The summed E-state index contributed by atoms with van der Waals surface area (Å²) in [7, 11) is 0. The van der Waals surface area contributed by atoms with Crippen molar-refractivity contribution in [3.8, 4) is 0 Å².